The molecule has 4 nitrogen and oxygen atoms in total. The van der Waals surface area contributed by atoms with Gasteiger partial charge in [0.05, 0.1) is 13.2 Å². The Kier molecular flexibility index (Phi) is 5.84. The largest absolute Gasteiger partial charge is 0.598 e. The van der Waals surface area contributed by atoms with Gasteiger partial charge in [0.2, 0.25) is 0 Å². The zero-order chi connectivity index (χ0) is 17.2. The second-order valence-electron chi connectivity index (χ2n) is 6.57. The van der Waals surface area contributed by atoms with E-state index >= 15 is 0 Å². The lowest BCUT2D eigenvalue weighted by molar-refractivity contribution is 0.403. The van der Waals surface area contributed by atoms with Crippen molar-refractivity contribution in [2.45, 2.75) is 50.3 Å². The van der Waals surface area contributed by atoms with Crippen LogP contribution in [0, 0.1) is 0 Å². The van der Waals surface area contributed by atoms with E-state index in [2.05, 4.69) is 33.3 Å². The lowest BCUT2D eigenvalue weighted by atomic mass is 10.1. The van der Waals surface area contributed by atoms with Gasteiger partial charge in [0, 0.05) is 28.2 Å². The van der Waals surface area contributed by atoms with Crippen LogP contribution in [0.4, 0.5) is 0 Å². The molecule has 128 valence electrons. The summed E-state index contributed by atoms with van der Waals surface area (Å²) in [5, 5.41) is 2.19. The van der Waals surface area contributed by atoms with Gasteiger partial charge in [0.25, 0.3) is 0 Å². The topological polar surface area (TPSA) is 56.7 Å². The van der Waals surface area contributed by atoms with E-state index in [9.17, 15) is 4.55 Å². The van der Waals surface area contributed by atoms with Gasteiger partial charge in [0.15, 0.2) is 0 Å². The van der Waals surface area contributed by atoms with Crippen LogP contribution in [0.2, 0.25) is 0 Å². The van der Waals surface area contributed by atoms with Crippen molar-refractivity contribution in [2.24, 2.45) is 4.99 Å². The molecule has 0 fully saturated rings. The molecule has 2 rings (SSSR count). The second-order valence-corrected chi connectivity index (χ2v) is 10.4. The van der Waals surface area contributed by atoms with E-state index in [-0.39, 0.29) is 10.8 Å². The number of ether oxygens (including phenoxy) is 1. The highest BCUT2D eigenvalue weighted by Crippen LogP contribution is 2.42. The number of methoxy groups -OCH3 is 1. The molecule has 1 aromatic rings. The first kappa shape index (κ1) is 18.4. The highest BCUT2D eigenvalue weighted by molar-refractivity contribution is 8.31. The van der Waals surface area contributed by atoms with E-state index in [1.807, 2.05) is 40.2 Å². The molecule has 0 aliphatic carbocycles. The Bertz CT molecular complexity index is 624. The quantitative estimate of drug-likeness (QED) is 0.619. The number of thiol groups is 1. The maximum atomic E-state index is 12.3. The summed E-state index contributed by atoms with van der Waals surface area (Å²) in [6.07, 6.45) is 0. The fourth-order valence-electron chi connectivity index (χ4n) is 2.18. The minimum atomic E-state index is -1.12. The number of aliphatic imine (C=N–C) groups is 1. The first-order chi connectivity index (χ1) is 10.7. The Morgan fingerprint density at radius 2 is 2.04 bits per heavy atom. The van der Waals surface area contributed by atoms with Crippen LogP contribution in [-0.4, -0.2) is 22.0 Å². The molecule has 0 aromatic heterocycles. The van der Waals surface area contributed by atoms with Crippen molar-refractivity contribution in [1.82, 2.24) is 4.72 Å². The van der Waals surface area contributed by atoms with Gasteiger partial charge in [-0.05, 0) is 57.1 Å². The Balaban J connectivity index is 2.21. The molecule has 0 radical (unpaired) electrons. The smallest absolute Gasteiger partial charge is 0.136 e. The lowest BCUT2D eigenvalue weighted by Gasteiger charge is -2.27. The molecule has 6 heteroatoms. The third kappa shape index (κ3) is 4.53. The maximum Gasteiger partial charge on any atom is 0.136 e. The molecule has 1 N–H and O–H groups in total. The summed E-state index contributed by atoms with van der Waals surface area (Å²) in [6.45, 7) is 9.89. The van der Waals surface area contributed by atoms with Crippen LogP contribution < -0.4 is 9.46 Å². The van der Waals surface area contributed by atoms with Crippen LogP contribution in [0.1, 0.15) is 46.2 Å². The molecule has 1 aromatic carbocycles. The predicted octanol–water partition coefficient (Wildman–Crippen LogP) is 4.07. The fraction of sp³-hybridized carbons (Fsp3) is 0.471. The molecule has 0 spiro atoms. The molecule has 1 aliphatic heterocycles. The molecular formula is C17H26N2O2S2. The van der Waals surface area contributed by atoms with Crippen LogP contribution in [0.15, 0.2) is 39.2 Å². The number of hydrogen-bond donors (Lipinski definition) is 2. The molecule has 1 heterocycles. The Hall–Kier alpha value is -0.950. The molecule has 0 amide bonds. The van der Waals surface area contributed by atoms with E-state index in [4.69, 9.17) is 4.74 Å². The average molecular weight is 355 g/mol. The molecule has 1 aliphatic rings. The zero-order valence-corrected chi connectivity index (χ0v) is 16.3. The van der Waals surface area contributed by atoms with Crippen LogP contribution in [0.3, 0.4) is 0 Å². The van der Waals surface area contributed by atoms with Crippen molar-refractivity contribution in [1.29, 1.82) is 0 Å². The SMILES string of the molecule is COc1cc([SH]2C=NC(C)=C2)ccc1[C@H](C)N[S+]([O-])C(C)(C)C. The number of nitrogens with one attached hydrogen (secondary N) is 1. The average Bonchev–Trinajstić information content (AvgIpc) is 2.92. The van der Waals surface area contributed by atoms with Crippen LogP contribution in [0.25, 0.3) is 0 Å². The fourth-order valence-corrected chi connectivity index (χ4v) is 4.62. The molecule has 23 heavy (non-hydrogen) atoms. The first-order valence-corrected chi connectivity index (χ1v) is 10.2. The summed E-state index contributed by atoms with van der Waals surface area (Å²) < 4.78 is 20.7. The summed E-state index contributed by atoms with van der Waals surface area (Å²) in [7, 11) is 1.19. The second kappa shape index (κ2) is 7.30. The van der Waals surface area contributed by atoms with Crippen molar-refractivity contribution in [3.63, 3.8) is 0 Å². The zero-order valence-electron chi connectivity index (χ0n) is 14.6. The minimum Gasteiger partial charge on any atom is -0.598 e. The van der Waals surface area contributed by atoms with E-state index in [0.717, 1.165) is 17.0 Å². The third-order valence-electron chi connectivity index (χ3n) is 3.53. The van der Waals surface area contributed by atoms with Gasteiger partial charge in [0.1, 0.15) is 10.5 Å². The third-order valence-corrected chi connectivity index (χ3v) is 7.10. The predicted molar refractivity (Wildman–Crippen MR) is 102 cm³/mol. The molecule has 3 atom stereocenters. The van der Waals surface area contributed by atoms with Crippen molar-refractivity contribution in [3.05, 3.63) is 34.9 Å². The number of nitrogens with zero attached hydrogens (tertiary/aromatic N) is 1. The van der Waals surface area contributed by atoms with Crippen molar-refractivity contribution >= 4 is 27.8 Å². The van der Waals surface area contributed by atoms with Gasteiger partial charge in [-0.3, -0.25) is 4.99 Å². The van der Waals surface area contributed by atoms with Gasteiger partial charge in [-0.15, -0.1) is 4.72 Å². The lowest BCUT2D eigenvalue weighted by Crippen LogP contribution is -2.40. The number of benzene rings is 1. The monoisotopic (exact) mass is 354 g/mol. The number of hydrogen-bond acceptors (Lipinski definition) is 4. The van der Waals surface area contributed by atoms with Crippen LogP contribution >= 0.6 is 10.9 Å². The van der Waals surface area contributed by atoms with Crippen LogP contribution in [0.5, 0.6) is 5.75 Å². The van der Waals surface area contributed by atoms with Gasteiger partial charge >= 0.3 is 0 Å². The number of rotatable bonds is 5. The van der Waals surface area contributed by atoms with Crippen molar-refractivity contribution in [2.75, 3.05) is 7.11 Å². The van der Waals surface area contributed by atoms with E-state index in [1.54, 1.807) is 7.11 Å². The summed E-state index contributed by atoms with van der Waals surface area (Å²) in [5.74, 6) is 0.822. The summed E-state index contributed by atoms with van der Waals surface area (Å²) in [5.41, 5.74) is 4.09. The van der Waals surface area contributed by atoms with E-state index < -0.39 is 22.3 Å². The highest BCUT2D eigenvalue weighted by Gasteiger charge is 2.29. The minimum absolute atomic E-state index is 0.0543. The molecular weight excluding hydrogens is 328 g/mol. The summed E-state index contributed by atoms with van der Waals surface area (Å²) >= 11 is -1.12. The molecule has 0 saturated heterocycles. The van der Waals surface area contributed by atoms with Crippen molar-refractivity contribution < 1.29 is 9.29 Å². The van der Waals surface area contributed by atoms with Crippen LogP contribution in [-0.2, 0) is 11.4 Å². The number of allylic oxidation sites excluding steroid dienone is 1. The van der Waals surface area contributed by atoms with Gasteiger partial charge < -0.3 is 9.29 Å². The Morgan fingerprint density at radius 1 is 1.35 bits per heavy atom. The van der Waals surface area contributed by atoms with Gasteiger partial charge in [-0.1, -0.05) is 6.07 Å². The summed E-state index contributed by atoms with van der Waals surface area (Å²) in [6, 6.07) is 6.19. The normalized spacial score (nSPS) is 21.9. The first-order valence-electron chi connectivity index (χ1n) is 7.59. The Morgan fingerprint density at radius 3 is 2.57 bits per heavy atom. The molecule has 2 unspecified atom stereocenters. The van der Waals surface area contributed by atoms with Gasteiger partial charge in [-0.2, -0.15) is 10.9 Å². The molecule has 0 bridgehead atoms. The Labute approximate surface area is 145 Å². The highest BCUT2D eigenvalue weighted by atomic mass is 32.2. The molecule has 0 saturated carbocycles. The van der Waals surface area contributed by atoms with Gasteiger partial charge in [-0.25, -0.2) is 0 Å². The maximum absolute atomic E-state index is 12.3. The van der Waals surface area contributed by atoms with E-state index in [0.29, 0.717) is 0 Å². The van der Waals surface area contributed by atoms with E-state index in [1.165, 1.54) is 4.90 Å². The summed E-state index contributed by atoms with van der Waals surface area (Å²) in [4.78, 5) is 5.56. The van der Waals surface area contributed by atoms with Crippen molar-refractivity contribution in [3.8, 4) is 5.75 Å². The standard InChI is InChI=1S/C17H26N2O2S2/c1-12-10-22(11-18-12)14-7-8-15(16(9-14)21-6)13(2)19-23(20)17(3,4)5/h7-11,13,19,22H,1-6H3/t13-,23?/m0/s1.